The number of fused-ring (bicyclic) bond motifs is 1. The van der Waals surface area contributed by atoms with Crippen LogP contribution in [0.2, 0.25) is 15.1 Å². The zero-order valence-electron chi connectivity index (χ0n) is 14.4. The molecule has 1 heterocycles. The van der Waals surface area contributed by atoms with E-state index < -0.39 is 11.2 Å². The Hall–Kier alpha value is -2.53. The van der Waals surface area contributed by atoms with E-state index in [1.54, 1.807) is 53.1 Å². The molecule has 0 aliphatic heterocycles. The summed E-state index contributed by atoms with van der Waals surface area (Å²) in [5.41, 5.74) is 0.867. The lowest BCUT2D eigenvalue weighted by atomic mass is 10.2. The summed E-state index contributed by atoms with van der Waals surface area (Å²) in [6, 6.07) is 18.9. The fraction of sp³-hybridized carbons (Fsp3) is 0.0476. The zero-order chi connectivity index (χ0) is 19.8. The van der Waals surface area contributed by atoms with Crippen molar-refractivity contribution in [3.8, 4) is 5.69 Å². The molecule has 4 nitrogen and oxygen atoms in total. The van der Waals surface area contributed by atoms with Gasteiger partial charge >= 0.3 is 5.69 Å². The largest absolute Gasteiger partial charge is 0.336 e. The van der Waals surface area contributed by atoms with Gasteiger partial charge in [-0.2, -0.15) is 0 Å². The van der Waals surface area contributed by atoms with Crippen LogP contribution >= 0.6 is 34.8 Å². The minimum Gasteiger partial charge on any atom is -0.288 e. The molecular formula is C21H13Cl3N2O2. The van der Waals surface area contributed by atoms with Crippen molar-refractivity contribution in [1.82, 2.24) is 9.13 Å². The molecule has 4 aromatic rings. The zero-order valence-corrected chi connectivity index (χ0v) is 16.7. The average molecular weight is 432 g/mol. The molecule has 0 atom stereocenters. The third-order valence-electron chi connectivity index (χ3n) is 4.44. The lowest BCUT2D eigenvalue weighted by Crippen LogP contribution is -2.39. The first-order valence-electron chi connectivity index (χ1n) is 8.40. The normalized spacial score (nSPS) is 11.1. The van der Waals surface area contributed by atoms with Crippen LogP contribution in [0, 0.1) is 0 Å². The molecule has 0 spiro atoms. The number of halogens is 3. The van der Waals surface area contributed by atoms with Gasteiger partial charge in [0.05, 0.1) is 33.2 Å². The van der Waals surface area contributed by atoms with Gasteiger partial charge in [-0.3, -0.25) is 9.36 Å². The predicted molar refractivity (Wildman–Crippen MR) is 114 cm³/mol. The number of hydrogen-bond donors (Lipinski definition) is 0. The first-order valence-corrected chi connectivity index (χ1v) is 9.53. The molecule has 0 N–H and O–H groups in total. The highest BCUT2D eigenvalue weighted by Crippen LogP contribution is 2.24. The van der Waals surface area contributed by atoms with Crippen LogP contribution in [0.15, 0.2) is 76.3 Å². The summed E-state index contributed by atoms with van der Waals surface area (Å²) in [7, 11) is 0. The topological polar surface area (TPSA) is 44.0 Å². The molecule has 0 saturated carbocycles. The van der Waals surface area contributed by atoms with Gasteiger partial charge in [0, 0.05) is 5.02 Å². The van der Waals surface area contributed by atoms with Gasteiger partial charge in [-0.1, -0.05) is 59.1 Å². The summed E-state index contributed by atoms with van der Waals surface area (Å²) in [4.78, 5) is 26.4. The van der Waals surface area contributed by atoms with Crippen molar-refractivity contribution in [2.24, 2.45) is 0 Å². The number of benzene rings is 3. The van der Waals surface area contributed by atoms with E-state index in [4.69, 9.17) is 34.8 Å². The molecule has 140 valence electrons. The van der Waals surface area contributed by atoms with Crippen molar-refractivity contribution < 1.29 is 0 Å². The van der Waals surface area contributed by atoms with Crippen molar-refractivity contribution >= 4 is 45.7 Å². The molecule has 0 aliphatic rings. The van der Waals surface area contributed by atoms with Crippen LogP contribution < -0.4 is 11.2 Å². The summed E-state index contributed by atoms with van der Waals surface area (Å²) < 4.78 is 2.65. The summed E-state index contributed by atoms with van der Waals surface area (Å²) >= 11 is 18.2. The third kappa shape index (κ3) is 3.35. The highest BCUT2D eigenvalue weighted by atomic mass is 35.5. The van der Waals surface area contributed by atoms with Gasteiger partial charge in [0.1, 0.15) is 0 Å². The molecule has 0 saturated heterocycles. The Labute approximate surface area is 175 Å². The Balaban J connectivity index is 2.03. The predicted octanol–water partition coefficient (Wildman–Crippen LogP) is 5.16. The van der Waals surface area contributed by atoms with Crippen LogP contribution in [0.1, 0.15) is 5.56 Å². The van der Waals surface area contributed by atoms with Crippen LogP contribution in [0.25, 0.3) is 16.6 Å². The molecule has 0 amide bonds. The molecule has 0 bridgehead atoms. The molecule has 0 aliphatic carbocycles. The molecule has 3 aromatic carbocycles. The minimum absolute atomic E-state index is 0.264. The number of aromatic nitrogens is 2. The molecule has 1 aromatic heterocycles. The van der Waals surface area contributed by atoms with Crippen molar-refractivity contribution in [1.29, 1.82) is 0 Å². The Bertz CT molecular complexity index is 1330. The number of rotatable bonds is 3. The number of para-hydroxylation sites is 1. The second-order valence-electron chi connectivity index (χ2n) is 6.25. The monoisotopic (exact) mass is 430 g/mol. The van der Waals surface area contributed by atoms with Gasteiger partial charge in [-0.25, -0.2) is 9.36 Å². The Kier molecular flexibility index (Phi) is 5.02. The van der Waals surface area contributed by atoms with E-state index >= 15 is 0 Å². The summed E-state index contributed by atoms with van der Waals surface area (Å²) in [5, 5.41) is 1.61. The number of nitrogens with zero attached hydrogens (tertiary/aromatic N) is 2. The Morgan fingerprint density at radius 3 is 2.32 bits per heavy atom. The first-order chi connectivity index (χ1) is 13.5. The summed E-state index contributed by atoms with van der Waals surface area (Å²) in [6.07, 6.45) is 0. The van der Waals surface area contributed by atoms with Crippen LogP contribution in [0.5, 0.6) is 0 Å². The number of hydrogen-bond acceptors (Lipinski definition) is 2. The van der Waals surface area contributed by atoms with E-state index in [0.29, 0.717) is 26.6 Å². The molecule has 0 unspecified atom stereocenters. The molecule has 7 heteroatoms. The Morgan fingerprint density at radius 2 is 1.57 bits per heavy atom. The van der Waals surface area contributed by atoms with E-state index in [9.17, 15) is 9.59 Å². The van der Waals surface area contributed by atoms with E-state index in [2.05, 4.69) is 0 Å². The maximum absolute atomic E-state index is 13.3. The maximum Gasteiger partial charge on any atom is 0.336 e. The SMILES string of the molecule is O=c1c2ccccc2n(Cc2cccc(Cl)c2)c(=O)n1-c1ccc(Cl)c(Cl)c1. The van der Waals surface area contributed by atoms with Gasteiger partial charge in [-0.05, 0) is 48.0 Å². The van der Waals surface area contributed by atoms with E-state index in [1.807, 2.05) is 12.1 Å². The maximum atomic E-state index is 13.3. The lowest BCUT2D eigenvalue weighted by molar-refractivity contribution is 0.714. The van der Waals surface area contributed by atoms with Crippen molar-refractivity contribution in [3.05, 3.63) is 108 Å². The van der Waals surface area contributed by atoms with Gasteiger partial charge < -0.3 is 0 Å². The highest BCUT2D eigenvalue weighted by Gasteiger charge is 2.15. The second-order valence-corrected chi connectivity index (χ2v) is 7.51. The molecule has 0 radical (unpaired) electrons. The molecule has 4 rings (SSSR count). The minimum atomic E-state index is -0.470. The van der Waals surface area contributed by atoms with Crippen molar-refractivity contribution in [3.63, 3.8) is 0 Å². The molecule has 28 heavy (non-hydrogen) atoms. The standard InChI is InChI=1S/C21H13Cl3N2O2/c22-14-5-3-4-13(10-14)12-25-19-7-2-1-6-16(19)20(27)26(21(25)28)15-8-9-17(23)18(24)11-15/h1-11H,12H2. The van der Waals surface area contributed by atoms with Gasteiger partial charge in [-0.15, -0.1) is 0 Å². The first kappa shape index (κ1) is 18.8. The average Bonchev–Trinajstić information content (AvgIpc) is 2.68. The van der Waals surface area contributed by atoms with Crippen LogP contribution in [0.3, 0.4) is 0 Å². The smallest absolute Gasteiger partial charge is 0.288 e. The highest BCUT2D eigenvalue weighted by molar-refractivity contribution is 6.42. The second kappa shape index (κ2) is 7.47. The quantitative estimate of drug-likeness (QED) is 0.450. The third-order valence-corrected chi connectivity index (χ3v) is 5.42. The van der Waals surface area contributed by atoms with Gasteiger partial charge in [0.15, 0.2) is 0 Å². The summed E-state index contributed by atoms with van der Waals surface area (Å²) in [5.74, 6) is 0. The van der Waals surface area contributed by atoms with Crippen molar-refractivity contribution in [2.45, 2.75) is 6.54 Å². The van der Waals surface area contributed by atoms with E-state index in [1.165, 1.54) is 6.07 Å². The summed E-state index contributed by atoms with van der Waals surface area (Å²) in [6.45, 7) is 0.265. The van der Waals surface area contributed by atoms with Crippen LogP contribution in [-0.4, -0.2) is 9.13 Å². The van der Waals surface area contributed by atoms with Crippen LogP contribution in [-0.2, 0) is 6.54 Å². The van der Waals surface area contributed by atoms with Crippen LogP contribution in [0.4, 0.5) is 0 Å². The fourth-order valence-electron chi connectivity index (χ4n) is 3.14. The van der Waals surface area contributed by atoms with Gasteiger partial charge in [0.2, 0.25) is 0 Å². The van der Waals surface area contributed by atoms with E-state index in [0.717, 1.165) is 10.1 Å². The Morgan fingerprint density at radius 1 is 0.786 bits per heavy atom. The molecular weight excluding hydrogens is 419 g/mol. The molecule has 0 fully saturated rings. The lowest BCUT2D eigenvalue weighted by Gasteiger charge is -2.15. The van der Waals surface area contributed by atoms with E-state index in [-0.39, 0.29) is 11.6 Å². The van der Waals surface area contributed by atoms with Crippen molar-refractivity contribution in [2.75, 3.05) is 0 Å². The fourth-order valence-corrected chi connectivity index (χ4v) is 3.65. The van der Waals surface area contributed by atoms with Gasteiger partial charge in [0.25, 0.3) is 5.56 Å².